The lowest BCUT2D eigenvalue weighted by molar-refractivity contribution is -0.137. The van der Waals surface area contributed by atoms with Gasteiger partial charge < -0.3 is 9.80 Å². The summed E-state index contributed by atoms with van der Waals surface area (Å²) in [6, 6.07) is 12.3. The summed E-state index contributed by atoms with van der Waals surface area (Å²) in [6.45, 7) is 5.09. The second kappa shape index (κ2) is 6.43. The molecule has 25 heavy (non-hydrogen) atoms. The highest BCUT2D eigenvalue weighted by Crippen LogP contribution is 2.38. The van der Waals surface area contributed by atoms with Crippen molar-refractivity contribution in [3.63, 3.8) is 0 Å². The predicted molar refractivity (Wildman–Crippen MR) is 92.0 cm³/mol. The van der Waals surface area contributed by atoms with Crippen molar-refractivity contribution in [1.29, 1.82) is 0 Å². The first kappa shape index (κ1) is 17.3. The maximum atomic E-state index is 13.3. The molecule has 1 atom stereocenters. The van der Waals surface area contributed by atoms with Gasteiger partial charge in [-0.05, 0) is 38.1 Å². The molecule has 0 saturated heterocycles. The Balaban J connectivity index is 2.07. The lowest BCUT2D eigenvalue weighted by Gasteiger charge is -2.42. The average molecular weight is 348 g/mol. The quantitative estimate of drug-likeness (QED) is 0.793. The van der Waals surface area contributed by atoms with E-state index in [1.807, 2.05) is 26.0 Å². The second-order valence-corrected chi connectivity index (χ2v) is 6.08. The SMILES string of the molecule is CCN1c2ccccc2N(C(=O)c2ccccc2C(F)(F)F)CC1C. The maximum Gasteiger partial charge on any atom is 0.417 e. The van der Waals surface area contributed by atoms with E-state index >= 15 is 0 Å². The Hall–Kier alpha value is -2.50. The molecular formula is C19H19F3N2O. The summed E-state index contributed by atoms with van der Waals surface area (Å²) in [6.07, 6.45) is -4.57. The third-order valence-electron chi connectivity index (χ3n) is 4.51. The molecule has 0 spiro atoms. The smallest absolute Gasteiger partial charge is 0.366 e. The van der Waals surface area contributed by atoms with Crippen LogP contribution in [-0.4, -0.2) is 25.0 Å². The van der Waals surface area contributed by atoms with Gasteiger partial charge in [-0.1, -0.05) is 24.3 Å². The molecule has 3 nitrogen and oxygen atoms in total. The molecule has 0 N–H and O–H groups in total. The van der Waals surface area contributed by atoms with Crippen molar-refractivity contribution in [2.24, 2.45) is 0 Å². The second-order valence-electron chi connectivity index (χ2n) is 6.08. The van der Waals surface area contributed by atoms with Gasteiger partial charge in [-0.3, -0.25) is 4.79 Å². The van der Waals surface area contributed by atoms with Crippen LogP contribution in [0.15, 0.2) is 48.5 Å². The van der Waals surface area contributed by atoms with E-state index < -0.39 is 17.6 Å². The van der Waals surface area contributed by atoms with Gasteiger partial charge in [0.1, 0.15) is 0 Å². The van der Waals surface area contributed by atoms with Crippen LogP contribution >= 0.6 is 0 Å². The lowest BCUT2D eigenvalue weighted by atomic mass is 10.0. The number of halogens is 3. The van der Waals surface area contributed by atoms with Crippen molar-refractivity contribution in [2.75, 3.05) is 22.9 Å². The summed E-state index contributed by atoms with van der Waals surface area (Å²) < 4.78 is 39.9. The number of para-hydroxylation sites is 2. The number of anilines is 2. The van der Waals surface area contributed by atoms with Gasteiger partial charge in [0.05, 0.1) is 22.5 Å². The van der Waals surface area contributed by atoms with Crippen LogP contribution in [0.1, 0.15) is 29.8 Å². The number of benzene rings is 2. The molecule has 0 radical (unpaired) electrons. The third-order valence-corrected chi connectivity index (χ3v) is 4.51. The highest BCUT2D eigenvalue weighted by molar-refractivity contribution is 6.09. The Morgan fingerprint density at radius 3 is 2.32 bits per heavy atom. The number of nitrogens with zero attached hydrogens (tertiary/aromatic N) is 2. The van der Waals surface area contributed by atoms with Crippen LogP contribution in [0, 0.1) is 0 Å². The fraction of sp³-hybridized carbons (Fsp3) is 0.316. The number of amides is 1. The van der Waals surface area contributed by atoms with Gasteiger partial charge >= 0.3 is 6.18 Å². The fourth-order valence-corrected chi connectivity index (χ4v) is 3.37. The highest BCUT2D eigenvalue weighted by atomic mass is 19.4. The molecule has 2 aromatic carbocycles. The Labute approximate surface area is 144 Å². The molecule has 1 aliphatic heterocycles. The normalized spacial score (nSPS) is 17.4. The van der Waals surface area contributed by atoms with Gasteiger partial charge in [0.25, 0.3) is 5.91 Å². The number of rotatable bonds is 2. The zero-order chi connectivity index (χ0) is 18.2. The number of hydrogen-bond acceptors (Lipinski definition) is 2. The van der Waals surface area contributed by atoms with Gasteiger partial charge in [-0.2, -0.15) is 13.2 Å². The van der Waals surface area contributed by atoms with Gasteiger partial charge in [0.15, 0.2) is 0 Å². The van der Waals surface area contributed by atoms with Crippen molar-refractivity contribution in [1.82, 2.24) is 0 Å². The van der Waals surface area contributed by atoms with Crippen LogP contribution in [0.4, 0.5) is 24.5 Å². The molecule has 132 valence electrons. The van der Waals surface area contributed by atoms with E-state index in [2.05, 4.69) is 4.90 Å². The monoisotopic (exact) mass is 348 g/mol. The molecule has 2 aromatic rings. The van der Waals surface area contributed by atoms with E-state index in [0.29, 0.717) is 12.2 Å². The van der Waals surface area contributed by atoms with Crippen molar-refractivity contribution < 1.29 is 18.0 Å². The molecule has 1 heterocycles. The summed E-state index contributed by atoms with van der Waals surface area (Å²) in [4.78, 5) is 16.6. The summed E-state index contributed by atoms with van der Waals surface area (Å²) in [7, 11) is 0. The Kier molecular flexibility index (Phi) is 4.45. The molecule has 0 aromatic heterocycles. The standard InChI is InChI=1S/C19H19F3N2O/c1-3-23-13(2)12-24(17-11-7-6-10-16(17)23)18(25)14-8-4-5-9-15(14)19(20,21)22/h4-11,13H,3,12H2,1-2H3. The van der Waals surface area contributed by atoms with Crippen LogP contribution in [0.5, 0.6) is 0 Å². The lowest BCUT2D eigenvalue weighted by Crippen LogP contribution is -2.49. The third kappa shape index (κ3) is 3.08. The molecular weight excluding hydrogens is 329 g/mol. The summed E-state index contributed by atoms with van der Waals surface area (Å²) in [5.74, 6) is -0.622. The zero-order valence-corrected chi connectivity index (χ0v) is 14.0. The molecule has 0 fully saturated rings. The molecule has 0 bridgehead atoms. The number of carbonyl (C=O) groups excluding carboxylic acids is 1. The summed E-state index contributed by atoms with van der Waals surface area (Å²) in [5, 5.41) is 0. The average Bonchev–Trinajstić information content (AvgIpc) is 2.60. The van der Waals surface area contributed by atoms with E-state index in [1.165, 1.54) is 23.1 Å². The number of alkyl halides is 3. The van der Waals surface area contributed by atoms with Gasteiger partial charge in [-0.15, -0.1) is 0 Å². The van der Waals surface area contributed by atoms with Crippen LogP contribution in [0.25, 0.3) is 0 Å². The van der Waals surface area contributed by atoms with Crippen molar-refractivity contribution >= 4 is 17.3 Å². The molecule has 1 amide bonds. The molecule has 3 rings (SSSR count). The van der Waals surface area contributed by atoms with E-state index in [0.717, 1.165) is 18.3 Å². The van der Waals surface area contributed by atoms with Gasteiger partial charge in [0, 0.05) is 19.1 Å². The van der Waals surface area contributed by atoms with Gasteiger partial charge in [-0.25, -0.2) is 0 Å². The fourth-order valence-electron chi connectivity index (χ4n) is 3.37. The maximum absolute atomic E-state index is 13.3. The predicted octanol–water partition coefficient (Wildman–Crippen LogP) is 4.58. The first-order chi connectivity index (χ1) is 11.8. The van der Waals surface area contributed by atoms with Crippen LogP contribution in [0.3, 0.4) is 0 Å². The minimum absolute atomic E-state index is 0.0156. The number of likely N-dealkylation sites (N-methyl/N-ethyl adjacent to an activating group) is 1. The number of hydrogen-bond donors (Lipinski definition) is 0. The van der Waals surface area contributed by atoms with E-state index in [4.69, 9.17) is 0 Å². The van der Waals surface area contributed by atoms with Crippen molar-refractivity contribution in [3.05, 3.63) is 59.7 Å². The minimum atomic E-state index is -4.57. The van der Waals surface area contributed by atoms with E-state index in [9.17, 15) is 18.0 Å². The number of carbonyl (C=O) groups is 1. The molecule has 1 aliphatic rings. The van der Waals surface area contributed by atoms with Crippen molar-refractivity contribution in [2.45, 2.75) is 26.1 Å². The van der Waals surface area contributed by atoms with Crippen LogP contribution in [0.2, 0.25) is 0 Å². The molecule has 0 aliphatic carbocycles. The first-order valence-corrected chi connectivity index (χ1v) is 8.18. The Morgan fingerprint density at radius 2 is 1.68 bits per heavy atom. The Morgan fingerprint density at radius 1 is 1.08 bits per heavy atom. The first-order valence-electron chi connectivity index (χ1n) is 8.18. The molecule has 6 heteroatoms. The summed E-state index contributed by atoms with van der Waals surface area (Å²) >= 11 is 0. The van der Waals surface area contributed by atoms with Crippen LogP contribution in [-0.2, 0) is 6.18 Å². The topological polar surface area (TPSA) is 23.6 Å². The molecule has 0 saturated carbocycles. The molecule has 1 unspecified atom stereocenters. The number of fused-ring (bicyclic) bond motifs is 1. The summed E-state index contributed by atoms with van der Waals surface area (Å²) in [5.41, 5.74) is 0.288. The van der Waals surface area contributed by atoms with E-state index in [-0.39, 0.29) is 11.6 Å². The minimum Gasteiger partial charge on any atom is -0.366 e. The largest absolute Gasteiger partial charge is 0.417 e. The zero-order valence-electron chi connectivity index (χ0n) is 14.0. The van der Waals surface area contributed by atoms with Crippen LogP contribution < -0.4 is 9.80 Å². The van der Waals surface area contributed by atoms with Crippen molar-refractivity contribution in [3.8, 4) is 0 Å². The Bertz CT molecular complexity index is 788. The highest BCUT2D eigenvalue weighted by Gasteiger charge is 2.38. The van der Waals surface area contributed by atoms with E-state index in [1.54, 1.807) is 12.1 Å². The van der Waals surface area contributed by atoms with Gasteiger partial charge in [0.2, 0.25) is 0 Å².